The lowest BCUT2D eigenvalue weighted by molar-refractivity contribution is -0.384. The molecule has 5 N–H and O–H groups in total. The molecule has 6 aromatic rings. The zero-order valence-electron chi connectivity index (χ0n) is 51.5. The number of aromatic nitrogens is 2. The van der Waals surface area contributed by atoms with E-state index >= 15 is 0 Å². The molecule has 4 fully saturated rings. The Kier molecular flexibility index (Phi) is 18.5. The molecule has 482 valence electrons. The summed E-state index contributed by atoms with van der Waals surface area (Å²) in [4.78, 5) is 107. The van der Waals surface area contributed by atoms with Gasteiger partial charge in [0.05, 0.1) is 32.7 Å². The van der Waals surface area contributed by atoms with Crippen LogP contribution in [0.15, 0.2) is 114 Å². The Bertz CT molecular complexity index is 4020. The van der Waals surface area contributed by atoms with Crippen LogP contribution in [0.2, 0.25) is 5.02 Å². The number of carbonyl (C=O) groups excluding carboxylic acids is 6. The fraction of sp³-hybridized carbons (Fsp3) is 0.418. The normalized spacial score (nSPS) is 20.7. The SMILES string of the molecule is CC1(C)CCC(CN2CCN(c3ccc(C(=O)NS(=O)(=O)c4ccc(NCC5CCC(N6CCN(C(=O)CCCNc7cccc8c7C(=O)N(C7CCC(=O)NC7=O)C8=O)CC6)CC5)c([N+](=O)[O-])c4)c(Oc4cnc5[nH]ccc5c4)c3)CC2)=C(c2ccc(Cl)cc2)C1. The van der Waals surface area contributed by atoms with Gasteiger partial charge < -0.3 is 30.2 Å². The van der Waals surface area contributed by atoms with E-state index in [4.69, 9.17) is 16.3 Å². The van der Waals surface area contributed by atoms with Gasteiger partial charge in [0.1, 0.15) is 28.9 Å². The Labute approximate surface area is 538 Å². The number of pyridine rings is 1. The molecule has 0 spiro atoms. The number of aromatic amines is 1. The third-order valence-corrected chi connectivity index (χ3v) is 20.6. The van der Waals surface area contributed by atoms with E-state index in [1.165, 1.54) is 47.2 Å². The highest BCUT2D eigenvalue weighted by molar-refractivity contribution is 7.90. The number of allylic oxidation sites excluding steroid dienone is 1. The first-order chi connectivity index (χ1) is 44.2. The molecule has 4 aromatic carbocycles. The van der Waals surface area contributed by atoms with Gasteiger partial charge in [-0.25, -0.2) is 18.1 Å². The summed E-state index contributed by atoms with van der Waals surface area (Å²) in [7, 11) is -4.65. The summed E-state index contributed by atoms with van der Waals surface area (Å²) in [6.07, 6.45) is 10.8. The number of nitrogens with one attached hydrogen (secondary N) is 5. The van der Waals surface area contributed by atoms with Gasteiger partial charge in [0, 0.05) is 131 Å². The summed E-state index contributed by atoms with van der Waals surface area (Å²) >= 11 is 6.28. The van der Waals surface area contributed by atoms with Crippen molar-refractivity contribution in [2.75, 3.05) is 87.5 Å². The number of amides is 6. The molecular formula is C67H75ClN12O11S. The minimum Gasteiger partial charge on any atom is -0.455 e. The van der Waals surface area contributed by atoms with Crippen molar-refractivity contribution in [3.8, 4) is 11.5 Å². The predicted octanol–water partition coefficient (Wildman–Crippen LogP) is 9.23. The molecule has 0 radical (unpaired) electrons. The number of rotatable bonds is 20. The molecule has 92 heavy (non-hydrogen) atoms. The lowest BCUT2D eigenvalue weighted by Crippen LogP contribution is -2.54. The van der Waals surface area contributed by atoms with Crippen molar-refractivity contribution < 1.29 is 46.8 Å². The number of carbonyl (C=O) groups is 6. The molecule has 6 heterocycles. The summed E-state index contributed by atoms with van der Waals surface area (Å²) in [5, 5.41) is 22.7. The highest BCUT2D eigenvalue weighted by Crippen LogP contribution is 2.44. The number of nitrogens with zero attached hydrogens (tertiary/aromatic N) is 7. The maximum absolute atomic E-state index is 14.2. The second-order valence-electron chi connectivity index (χ2n) is 25.6. The number of anilines is 3. The number of imide groups is 2. The fourth-order valence-corrected chi connectivity index (χ4v) is 14.9. The fourth-order valence-electron chi connectivity index (χ4n) is 13.8. The van der Waals surface area contributed by atoms with Gasteiger partial charge in [-0.05, 0) is 141 Å². The Morgan fingerprint density at radius 3 is 2.36 bits per heavy atom. The first-order valence-electron chi connectivity index (χ1n) is 31.6. The van der Waals surface area contributed by atoms with E-state index in [2.05, 4.69) is 71.3 Å². The van der Waals surface area contributed by atoms with E-state index < -0.39 is 61.1 Å². The average Bonchev–Trinajstić information content (AvgIpc) is 1.61. The summed E-state index contributed by atoms with van der Waals surface area (Å²) in [5.74, 6) is -2.63. The maximum atomic E-state index is 14.2. The standard InChI is InChI=1S/C67H75ClN12O11S/c1-67(2)24-22-45(53(38-67)43-10-12-46(68)13-11-43)41-75-27-29-77(30-28-75)48-16-18-51(58(36-48)91-49-35-44-23-26-70-62(44)72-40-49)63(83)74-92(89,90)50-17-19-54(57(37-50)80(87)88)71-39-42-8-14-47(15-9-42)76-31-33-78(34-32-76)60(82)7-4-25-69-55-6-3-5-52-61(55)66(86)79(65(52)85)56-20-21-59(81)73-64(56)84/h3,5-6,10-13,16-19,23,26,35-37,40,42,47,56,69,71H,4,7-9,14-15,20-22,24-25,27-34,38-39,41H2,1-2H3,(H,70,72)(H,74,83)(H,73,81,84). The van der Waals surface area contributed by atoms with Crippen LogP contribution in [-0.4, -0.2) is 162 Å². The molecular weight excluding hydrogens is 1220 g/mol. The Morgan fingerprint density at radius 1 is 0.837 bits per heavy atom. The molecule has 1 saturated carbocycles. The first kappa shape index (κ1) is 63.4. The lowest BCUT2D eigenvalue weighted by Gasteiger charge is -2.42. The van der Waals surface area contributed by atoms with Crippen LogP contribution in [0.25, 0.3) is 16.6 Å². The van der Waals surface area contributed by atoms with Gasteiger partial charge in [0.15, 0.2) is 0 Å². The van der Waals surface area contributed by atoms with Gasteiger partial charge >= 0.3 is 0 Å². The topological polar surface area (TPSA) is 282 Å². The van der Waals surface area contributed by atoms with Crippen molar-refractivity contribution in [2.24, 2.45) is 11.3 Å². The molecule has 6 amide bonds. The van der Waals surface area contributed by atoms with Gasteiger partial charge in [-0.2, -0.15) is 0 Å². The van der Waals surface area contributed by atoms with Crippen molar-refractivity contribution in [1.82, 2.24) is 39.6 Å². The molecule has 23 nitrogen and oxygen atoms in total. The predicted molar refractivity (Wildman–Crippen MR) is 348 cm³/mol. The van der Waals surface area contributed by atoms with Crippen molar-refractivity contribution in [3.05, 3.63) is 146 Å². The van der Waals surface area contributed by atoms with Gasteiger partial charge in [-0.3, -0.25) is 58.9 Å². The first-order valence-corrected chi connectivity index (χ1v) is 33.5. The number of sulfonamides is 1. The van der Waals surface area contributed by atoms with Crippen molar-refractivity contribution in [1.29, 1.82) is 0 Å². The molecule has 1 unspecified atom stereocenters. The Morgan fingerprint density at radius 2 is 1.61 bits per heavy atom. The number of hydrogen-bond donors (Lipinski definition) is 5. The quantitative estimate of drug-likeness (QED) is 0.0206. The molecule has 2 aliphatic carbocycles. The third-order valence-electron chi connectivity index (χ3n) is 19.0. The summed E-state index contributed by atoms with van der Waals surface area (Å²) in [6, 6.07) is 24.5. The van der Waals surface area contributed by atoms with E-state index in [1.807, 2.05) is 23.1 Å². The zero-order chi connectivity index (χ0) is 64.4. The number of hydrogen-bond acceptors (Lipinski definition) is 17. The minimum absolute atomic E-state index is 0.0270. The summed E-state index contributed by atoms with van der Waals surface area (Å²) < 4.78 is 36.6. The van der Waals surface area contributed by atoms with Crippen LogP contribution < -0.4 is 30.3 Å². The number of nitro groups is 1. The number of H-pyrrole nitrogens is 1. The van der Waals surface area contributed by atoms with E-state index in [-0.39, 0.29) is 64.6 Å². The van der Waals surface area contributed by atoms with Crippen molar-refractivity contribution in [2.45, 2.75) is 101 Å². The van der Waals surface area contributed by atoms with Gasteiger partial charge in [0.2, 0.25) is 17.7 Å². The highest BCUT2D eigenvalue weighted by Gasteiger charge is 2.46. The van der Waals surface area contributed by atoms with Crippen LogP contribution in [0.5, 0.6) is 11.5 Å². The minimum atomic E-state index is -4.65. The van der Waals surface area contributed by atoms with Crippen LogP contribution in [0.4, 0.5) is 22.7 Å². The molecule has 0 bridgehead atoms. The van der Waals surface area contributed by atoms with E-state index in [0.717, 1.165) is 99.7 Å². The summed E-state index contributed by atoms with van der Waals surface area (Å²) in [5.41, 5.74) is 6.11. The number of halogens is 1. The largest absolute Gasteiger partial charge is 0.455 e. The number of nitro benzene ring substituents is 1. The molecule has 2 aromatic heterocycles. The maximum Gasteiger partial charge on any atom is 0.293 e. The third kappa shape index (κ3) is 14.0. The molecule has 25 heteroatoms. The number of ether oxygens (including phenoxy) is 1. The smallest absolute Gasteiger partial charge is 0.293 e. The van der Waals surface area contributed by atoms with Gasteiger partial charge in [-0.15, -0.1) is 0 Å². The lowest BCUT2D eigenvalue weighted by atomic mass is 9.72. The molecule has 12 rings (SSSR count). The van der Waals surface area contributed by atoms with Crippen LogP contribution in [0.1, 0.15) is 121 Å². The molecule has 6 aliphatic rings. The van der Waals surface area contributed by atoms with Gasteiger partial charge in [-0.1, -0.05) is 49.2 Å². The van der Waals surface area contributed by atoms with Crippen LogP contribution in [0.3, 0.4) is 0 Å². The number of piperazine rings is 2. The molecule has 3 saturated heterocycles. The number of fused-ring (bicyclic) bond motifs is 2. The Balaban J connectivity index is 0.618. The molecule has 4 aliphatic heterocycles. The average molecular weight is 1290 g/mol. The van der Waals surface area contributed by atoms with E-state index in [9.17, 15) is 47.3 Å². The van der Waals surface area contributed by atoms with Crippen LogP contribution in [0, 0.1) is 21.4 Å². The zero-order valence-corrected chi connectivity index (χ0v) is 53.1. The van der Waals surface area contributed by atoms with Crippen molar-refractivity contribution in [3.63, 3.8) is 0 Å². The number of piperidine rings is 1. The van der Waals surface area contributed by atoms with Crippen LogP contribution >= 0.6 is 11.6 Å². The second kappa shape index (κ2) is 26.9. The highest BCUT2D eigenvalue weighted by atomic mass is 35.5. The van der Waals surface area contributed by atoms with Crippen molar-refractivity contribution >= 4 is 96.4 Å². The Hall–Kier alpha value is -8.71. The summed E-state index contributed by atoms with van der Waals surface area (Å²) in [6.45, 7) is 11.9. The molecule has 1 atom stereocenters. The second-order valence-corrected chi connectivity index (χ2v) is 27.7. The van der Waals surface area contributed by atoms with Gasteiger partial charge in [0.25, 0.3) is 33.4 Å². The number of benzene rings is 4. The van der Waals surface area contributed by atoms with E-state index in [0.29, 0.717) is 73.8 Å². The monoisotopic (exact) mass is 1290 g/mol. The van der Waals surface area contributed by atoms with Crippen LogP contribution in [-0.2, 0) is 24.4 Å². The van der Waals surface area contributed by atoms with E-state index in [1.54, 1.807) is 36.5 Å².